The van der Waals surface area contributed by atoms with Crippen LogP contribution in [0.15, 0.2) is 87.8 Å². The van der Waals surface area contributed by atoms with Gasteiger partial charge in [-0.3, -0.25) is 0 Å². The molecule has 0 spiro atoms. The van der Waals surface area contributed by atoms with Crippen LogP contribution in [0.3, 0.4) is 0 Å². The minimum absolute atomic E-state index is 0.445. The number of hydrogen-bond acceptors (Lipinski definition) is 3. The molecule has 0 aromatic heterocycles. The summed E-state index contributed by atoms with van der Waals surface area (Å²) in [5.74, 6) is 0.909. The molecule has 6 heteroatoms. The third-order valence-electron chi connectivity index (χ3n) is 3.85. The highest BCUT2D eigenvalue weighted by Gasteiger charge is 2.04. The normalized spacial score (nSPS) is 13.0. The molecule has 146 valence electrons. The fourth-order valence-electron chi connectivity index (χ4n) is 2.28. The van der Waals surface area contributed by atoms with Gasteiger partial charge in [0.25, 0.3) is 0 Å². The lowest BCUT2D eigenvalue weighted by Crippen LogP contribution is -2.13. The molecular weight excluding hydrogens is 368 g/mol. The van der Waals surface area contributed by atoms with Gasteiger partial charge in [0.05, 0.1) is 10.8 Å². The minimum atomic E-state index is -1.19. The Morgan fingerprint density at radius 1 is 1.11 bits per heavy atom. The molecule has 0 aliphatic rings. The second kappa shape index (κ2) is 10.4. The van der Waals surface area contributed by atoms with Crippen LogP contribution < -0.4 is 10.6 Å². The Bertz CT molecular complexity index is 930. The lowest BCUT2D eigenvalue weighted by molar-refractivity contribution is 0.688. The zero-order valence-electron chi connectivity index (χ0n) is 16.5. The summed E-state index contributed by atoms with van der Waals surface area (Å²) >= 11 is 0. The molecule has 2 aromatic carbocycles. The van der Waals surface area contributed by atoms with Gasteiger partial charge in [0.1, 0.15) is 5.82 Å². The van der Waals surface area contributed by atoms with Crippen molar-refractivity contribution in [2.75, 3.05) is 10.6 Å². The Morgan fingerprint density at radius 2 is 1.82 bits per heavy atom. The number of rotatable bonds is 7. The number of anilines is 2. The molecule has 1 unspecified atom stereocenters. The topological polar surface area (TPSA) is 65.8 Å². The zero-order chi connectivity index (χ0) is 20.5. The Hall–Kier alpha value is -2.99. The van der Waals surface area contributed by atoms with E-state index < -0.39 is 10.8 Å². The molecule has 2 rings (SSSR count). The average molecular weight is 395 g/mol. The molecule has 1 atom stereocenters. The third-order valence-corrected chi connectivity index (χ3v) is 4.89. The molecule has 0 radical (unpaired) electrons. The summed E-state index contributed by atoms with van der Waals surface area (Å²) in [5.41, 5.74) is 3.82. The molecule has 0 saturated carbocycles. The quantitative estimate of drug-likeness (QED) is 0.483. The van der Waals surface area contributed by atoms with Crippen LogP contribution in [0.25, 0.3) is 0 Å². The zero-order valence-corrected chi connectivity index (χ0v) is 17.3. The van der Waals surface area contributed by atoms with Crippen molar-refractivity contribution >= 4 is 33.8 Å². The van der Waals surface area contributed by atoms with E-state index in [1.807, 2.05) is 57.2 Å². The van der Waals surface area contributed by atoms with Gasteiger partial charge in [0, 0.05) is 27.4 Å². The molecule has 0 bridgehead atoms. The molecule has 0 saturated heterocycles. The molecule has 2 aromatic rings. The van der Waals surface area contributed by atoms with Crippen molar-refractivity contribution in [3.8, 4) is 0 Å². The van der Waals surface area contributed by atoms with E-state index in [2.05, 4.69) is 33.8 Å². The molecule has 5 nitrogen and oxygen atoms in total. The van der Waals surface area contributed by atoms with Crippen LogP contribution in [0.4, 0.5) is 11.4 Å². The molecule has 0 amide bonds. The van der Waals surface area contributed by atoms with Crippen LogP contribution in [-0.2, 0) is 10.8 Å². The summed E-state index contributed by atoms with van der Waals surface area (Å²) < 4.78 is 11.7. The van der Waals surface area contributed by atoms with E-state index in [-0.39, 0.29) is 0 Å². The SMILES string of the molecule is C=CS(=O)c1ccc(NC(=C)/N=C(\N=C(/C)CC)Nc2cccc(C)c2)cc1. The van der Waals surface area contributed by atoms with Gasteiger partial charge in [-0.05, 0) is 62.2 Å². The van der Waals surface area contributed by atoms with Crippen molar-refractivity contribution < 1.29 is 4.21 Å². The van der Waals surface area contributed by atoms with Crippen LogP contribution in [0.5, 0.6) is 0 Å². The maximum atomic E-state index is 11.7. The highest BCUT2D eigenvalue weighted by atomic mass is 32.2. The Labute approximate surface area is 169 Å². The smallest absolute Gasteiger partial charge is 0.229 e. The van der Waals surface area contributed by atoms with Crippen LogP contribution in [0.2, 0.25) is 0 Å². The first-order valence-corrected chi connectivity index (χ1v) is 10.2. The predicted octanol–water partition coefficient (Wildman–Crippen LogP) is 5.47. The van der Waals surface area contributed by atoms with Crippen molar-refractivity contribution in [1.29, 1.82) is 0 Å². The first-order chi connectivity index (χ1) is 13.4. The number of benzene rings is 2. The van der Waals surface area contributed by atoms with Crippen molar-refractivity contribution in [1.82, 2.24) is 0 Å². The number of guanidine groups is 1. The predicted molar refractivity (Wildman–Crippen MR) is 121 cm³/mol. The summed E-state index contributed by atoms with van der Waals surface area (Å²) in [6.45, 7) is 13.6. The summed E-state index contributed by atoms with van der Waals surface area (Å²) in [6, 6.07) is 15.2. The Balaban J connectivity index is 2.18. The third kappa shape index (κ3) is 6.63. The minimum Gasteiger partial charge on any atom is -0.341 e. The monoisotopic (exact) mass is 394 g/mol. The molecule has 0 fully saturated rings. The van der Waals surface area contributed by atoms with E-state index >= 15 is 0 Å². The van der Waals surface area contributed by atoms with Crippen LogP contribution >= 0.6 is 0 Å². The maximum absolute atomic E-state index is 11.7. The lowest BCUT2D eigenvalue weighted by atomic mass is 10.2. The second-order valence-electron chi connectivity index (χ2n) is 6.19. The summed E-state index contributed by atoms with van der Waals surface area (Å²) in [6.07, 6.45) is 0.830. The van der Waals surface area contributed by atoms with Gasteiger partial charge in [0.2, 0.25) is 5.96 Å². The van der Waals surface area contributed by atoms with Crippen LogP contribution in [-0.4, -0.2) is 15.9 Å². The number of nitrogens with one attached hydrogen (secondary N) is 2. The van der Waals surface area contributed by atoms with Crippen molar-refractivity contribution in [3.63, 3.8) is 0 Å². The second-order valence-corrected chi connectivity index (χ2v) is 7.59. The number of aliphatic imine (C=N–C) groups is 2. The van der Waals surface area contributed by atoms with Gasteiger partial charge < -0.3 is 10.6 Å². The Morgan fingerprint density at radius 3 is 2.43 bits per heavy atom. The lowest BCUT2D eigenvalue weighted by Gasteiger charge is -2.10. The van der Waals surface area contributed by atoms with Gasteiger partial charge in [-0.1, -0.05) is 32.2 Å². The van der Waals surface area contributed by atoms with E-state index in [1.54, 1.807) is 12.1 Å². The van der Waals surface area contributed by atoms with Crippen molar-refractivity contribution in [3.05, 3.63) is 78.5 Å². The fraction of sp³-hybridized carbons (Fsp3) is 0.182. The Kier molecular flexibility index (Phi) is 7.89. The van der Waals surface area contributed by atoms with Crippen LogP contribution in [0, 0.1) is 6.92 Å². The molecule has 0 aliphatic heterocycles. The largest absolute Gasteiger partial charge is 0.341 e. The number of aryl methyl sites for hydroxylation is 1. The maximum Gasteiger partial charge on any atom is 0.229 e. The number of nitrogens with zero attached hydrogens (tertiary/aromatic N) is 2. The molecule has 28 heavy (non-hydrogen) atoms. The van der Waals surface area contributed by atoms with Gasteiger partial charge >= 0.3 is 0 Å². The van der Waals surface area contributed by atoms with Gasteiger partial charge in [0.15, 0.2) is 0 Å². The standard InChI is InChI=1S/C22H26N4OS/c1-6-17(4)23-22(26-20-10-8-9-16(3)15-20)25-18(5)24-19-11-13-21(14-12-19)28(27)7-2/h7-15,24H,2,5-6H2,1,3-4H3,(H,25,26)/b23-17+. The first kappa shape index (κ1) is 21.3. The highest BCUT2D eigenvalue weighted by Crippen LogP contribution is 2.16. The fourth-order valence-corrected chi connectivity index (χ4v) is 2.88. The van der Waals surface area contributed by atoms with E-state index in [0.29, 0.717) is 16.7 Å². The van der Waals surface area contributed by atoms with Crippen LogP contribution in [0.1, 0.15) is 25.8 Å². The van der Waals surface area contributed by atoms with Gasteiger partial charge in [-0.15, -0.1) is 0 Å². The molecule has 2 N–H and O–H groups in total. The van der Waals surface area contributed by atoms with Gasteiger partial charge in [-0.2, -0.15) is 4.99 Å². The van der Waals surface area contributed by atoms with E-state index in [0.717, 1.165) is 29.1 Å². The summed E-state index contributed by atoms with van der Waals surface area (Å²) in [4.78, 5) is 9.74. The number of hydrogen-bond donors (Lipinski definition) is 2. The first-order valence-electron chi connectivity index (χ1n) is 8.97. The summed E-state index contributed by atoms with van der Waals surface area (Å²) in [5, 5.41) is 7.78. The van der Waals surface area contributed by atoms with E-state index in [9.17, 15) is 4.21 Å². The molecular formula is C22H26N4OS. The van der Waals surface area contributed by atoms with E-state index in [1.165, 1.54) is 5.41 Å². The van der Waals surface area contributed by atoms with Gasteiger partial charge in [-0.25, -0.2) is 9.20 Å². The summed E-state index contributed by atoms with van der Waals surface area (Å²) in [7, 11) is -1.19. The van der Waals surface area contributed by atoms with Crippen molar-refractivity contribution in [2.45, 2.75) is 32.1 Å². The average Bonchev–Trinajstić information content (AvgIpc) is 2.67. The highest BCUT2D eigenvalue weighted by molar-refractivity contribution is 7.88. The molecule has 0 aliphatic carbocycles. The van der Waals surface area contributed by atoms with Crippen molar-refractivity contribution in [2.24, 2.45) is 9.98 Å². The molecule has 0 heterocycles. The van der Waals surface area contributed by atoms with E-state index in [4.69, 9.17) is 0 Å².